The van der Waals surface area contributed by atoms with E-state index in [0.717, 1.165) is 72.4 Å². The lowest BCUT2D eigenvalue weighted by molar-refractivity contribution is -0.286. The number of anilines is 2. The van der Waals surface area contributed by atoms with E-state index in [1.807, 2.05) is 56.3 Å². The average molecular weight is 954 g/mol. The molecular weight excluding hydrogens is 893 g/mol. The minimum atomic E-state index is -3.74. The molecule has 0 radical (unpaired) electrons. The first-order chi connectivity index (χ1) is 32.7. The number of fused-ring (bicyclic) bond motifs is 1. The summed E-state index contributed by atoms with van der Waals surface area (Å²) in [5, 5.41) is 9.83. The van der Waals surface area contributed by atoms with Gasteiger partial charge in [-0.15, -0.1) is 20.1 Å². The third kappa shape index (κ3) is 13.3. The number of thiophene rings is 1. The van der Waals surface area contributed by atoms with Crippen molar-refractivity contribution in [3.63, 3.8) is 0 Å². The number of aromatic nitrogens is 1. The summed E-state index contributed by atoms with van der Waals surface area (Å²) in [5.41, 5.74) is 2.42. The molecule has 5 amide bonds. The predicted octanol–water partition coefficient (Wildman–Crippen LogP) is 8.00. The Balaban J connectivity index is 0.728. The molecule has 0 spiro atoms. The van der Waals surface area contributed by atoms with Gasteiger partial charge in [-0.25, -0.2) is 4.98 Å². The van der Waals surface area contributed by atoms with Crippen LogP contribution in [-0.4, -0.2) is 104 Å². The van der Waals surface area contributed by atoms with Crippen LogP contribution in [0, 0.1) is 6.92 Å². The van der Waals surface area contributed by atoms with Crippen molar-refractivity contribution in [3.8, 4) is 22.8 Å². The average Bonchev–Trinajstić information content (AvgIpc) is 3.89. The Labute approximate surface area is 400 Å². The fourth-order valence-corrected chi connectivity index (χ4v) is 9.38. The second kappa shape index (κ2) is 22.7. The second-order valence-corrected chi connectivity index (χ2v) is 19.1. The molecule has 1 aliphatic carbocycles. The number of amides is 5. The minimum Gasteiger partial charge on any atom is -0.395 e. The van der Waals surface area contributed by atoms with Crippen molar-refractivity contribution in [2.75, 3.05) is 63.6 Å². The van der Waals surface area contributed by atoms with Crippen molar-refractivity contribution in [2.24, 2.45) is 0 Å². The summed E-state index contributed by atoms with van der Waals surface area (Å²) in [6.45, 7) is 4.77. The predicted molar refractivity (Wildman–Crippen MR) is 258 cm³/mol. The third-order valence-electron chi connectivity index (χ3n) is 12.4. The molecule has 2 aliphatic heterocycles. The zero-order valence-electron chi connectivity index (χ0n) is 39.0. The van der Waals surface area contributed by atoms with E-state index >= 15 is 0 Å². The normalized spacial score (nSPS) is 15.8. The van der Waals surface area contributed by atoms with Gasteiger partial charge in [0.25, 0.3) is 5.91 Å². The van der Waals surface area contributed by atoms with Crippen molar-refractivity contribution >= 4 is 51.7 Å². The molecule has 0 bridgehead atoms. The van der Waals surface area contributed by atoms with Gasteiger partial charge < -0.3 is 40.1 Å². The number of pyridine rings is 1. The van der Waals surface area contributed by atoms with Crippen molar-refractivity contribution in [2.45, 2.75) is 95.7 Å². The molecule has 17 heteroatoms. The molecule has 2 aromatic heterocycles. The summed E-state index contributed by atoms with van der Waals surface area (Å²) in [6, 6.07) is 19.1. The number of alkyl halides is 2. The van der Waals surface area contributed by atoms with Gasteiger partial charge in [0, 0.05) is 61.2 Å². The number of piperazine rings is 1. The van der Waals surface area contributed by atoms with Gasteiger partial charge in [-0.05, 0) is 107 Å². The van der Waals surface area contributed by atoms with E-state index in [1.165, 1.54) is 29.5 Å². The van der Waals surface area contributed by atoms with Gasteiger partial charge in [-0.2, -0.15) is 0 Å². The smallest absolute Gasteiger partial charge is 0.395 e. The Bertz CT molecular complexity index is 2490. The summed E-state index contributed by atoms with van der Waals surface area (Å²) in [4.78, 5) is 75.5. The lowest BCUT2D eigenvalue weighted by Crippen LogP contribution is -2.51. The number of ether oxygens (including phenoxy) is 2. The van der Waals surface area contributed by atoms with E-state index in [9.17, 15) is 32.8 Å². The Morgan fingerprint density at radius 1 is 0.853 bits per heavy atom. The molecule has 0 unspecified atom stereocenters. The van der Waals surface area contributed by atoms with Crippen LogP contribution < -0.4 is 30.3 Å². The van der Waals surface area contributed by atoms with E-state index in [-0.39, 0.29) is 47.6 Å². The highest BCUT2D eigenvalue weighted by Gasteiger charge is 2.53. The van der Waals surface area contributed by atoms with Gasteiger partial charge >= 0.3 is 6.29 Å². The lowest BCUT2D eigenvalue weighted by Gasteiger charge is -2.33. The molecule has 0 atom stereocenters. The number of nitrogens with zero attached hydrogens (tertiary/aromatic N) is 4. The van der Waals surface area contributed by atoms with Crippen molar-refractivity contribution in [1.29, 1.82) is 0 Å². The van der Waals surface area contributed by atoms with Gasteiger partial charge in [-0.1, -0.05) is 68.9 Å². The molecule has 4 aromatic rings. The quantitative estimate of drug-likeness (QED) is 0.0494. The number of carbonyl (C=O) groups is 5. The van der Waals surface area contributed by atoms with Gasteiger partial charge in [0.1, 0.15) is 12.4 Å². The van der Waals surface area contributed by atoms with Gasteiger partial charge in [-0.3, -0.25) is 24.0 Å². The number of nitrogens with one attached hydrogen (secondary N) is 3. The topological polar surface area (TPSA) is 163 Å². The molecule has 14 nitrogen and oxygen atoms in total. The fraction of sp³-hybridized carbons (Fsp3) is 0.451. The highest BCUT2D eigenvalue weighted by atomic mass is 32.1. The SMILES string of the molecule is Cc1ccc(NC(=O)C2(c3ccc4c(c3)OC(F)(F)O4)CC2)nc1-c1cccc(C(=O)NCCCCCCCCCCNC(=O)CCc2ccc(N3CCN(C(=O)/C=C/CN(C)C)CC3=O)s2)c1. The zero-order valence-corrected chi connectivity index (χ0v) is 39.9. The van der Waals surface area contributed by atoms with Crippen LogP contribution in [0.25, 0.3) is 11.3 Å². The van der Waals surface area contributed by atoms with Crippen LogP contribution in [-0.2, 0) is 31.0 Å². The van der Waals surface area contributed by atoms with E-state index in [4.69, 9.17) is 4.98 Å². The number of rotatable bonds is 23. The summed E-state index contributed by atoms with van der Waals surface area (Å²) in [7, 11) is 3.86. The van der Waals surface area contributed by atoms with E-state index < -0.39 is 11.7 Å². The van der Waals surface area contributed by atoms with Crippen molar-refractivity contribution < 1.29 is 42.2 Å². The molecule has 3 aliphatic rings. The first-order valence-corrected chi connectivity index (χ1v) is 24.4. The molecule has 2 aromatic carbocycles. The Morgan fingerprint density at radius 2 is 1.57 bits per heavy atom. The van der Waals surface area contributed by atoms with Crippen LogP contribution in [0.1, 0.15) is 97.0 Å². The van der Waals surface area contributed by atoms with Crippen LogP contribution in [0.2, 0.25) is 0 Å². The number of carbonyl (C=O) groups excluding carboxylic acids is 5. The number of hydrogen-bond donors (Lipinski definition) is 3. The van der Waals surface area contributed by atoms with Crippen molar-refractivity contribution in [3.05, 3.63) is 100 Å². The standard InChI is InChI=1S/C51H61F2N7O7S/c1-35-17-22-42(57-49(65)50(25-26-50)38-18-21-40-41(33-38)67-51(52,53)66-40)56-47(35)36-14-12-15-37(32-36)48(64)55-28-11-9-7-5-4-6-8-10-27-54-43(61)23-19-39-20-24-46(68-39)60-31-30-59(34-45(60)63)44(62)16-13-29-58(2)3/h12-18,20-22,24,32-33H,4-11,19,23,25-31,34H2,1-3H3,(H,54,61)(H,55,64)(H,56,57,65)/b16-13+. The van der Waals surface area contributed by atoms with E-state index in [2.05, 4.69) is 25.4 Å². The van der Waals surface area contributed by atoms with Gasteiger partial charge in [0.05, 0.1) is 16.1 Å². The Kier molecular flexibility index (Phi) is 16.6. The zero-order chi connectivity index (χ0) is 48.3. The number of aryl methyl sites for hydroxylation is 2. The van der Waals surface area contributed by atoms with Crippen LogP contribution in [0.15, 0.2) is 78.9 Å². The highest BCUT2D eigenvalue weighted by Crippen LogP contribution is 2.52. The van der Waals surface area contributed by atoms with Crippen LogP contribution in [0.4, 0.5) is 19.6 Å². The first-order valence-electron chi connectivity index (χ1n) is 23.5. The number of unbranched alkanes of at least 4 members (excludes halogenated alkanes) is 7. The summed E-state index contributed by atoms with van der Waals surface area (Å²) in [6.07, 6.45) is 9.98. The molecule has 68 heavy (non-hydrogen) atoms. The molecule has 362 valence electrons. The molecule has 2 fully saturated rings. The Morgan fingerprint density at radius 3 is 2.29 bits per heavy atom. The van der Waals surface area contributed by atoms with Gasteiger partial charge in [0.2, 0.25) is 23.6 Å². The van der Waals surface area contributed by atoms with Crippen LogP contribution in [0.3, 0.4) is 0 Å². The minimum absolute atomic E-state index is 0.0235. The van der Waals surface area contributed by atoms with E-state index in [1.54, 1.807) is 40.1 Å². The summed E-state index contributed by atoms with van der Waals surface area (Å²) < 4.78 is 36.3. The van der Waals surface area contributed by atoms with Gasteiger partial charge in [0.15, 0.2) is 11.5 Å². The highest BCUT2D eigenvalue weighted by molar-refractivity contribution is 7.16. The summed E-state index contributed by atoms with van der Waals surface area (Å²) in [5.74, 6) is -0.528. The molecule has 7 rings (SSSR count). The number of hydrogen-bond acceptors (Lipinski definition) is 10. The summed E-state index contributed by atoms with van der Waals surface area (Å²) >= 11 is 1.52. The second-order valence-electron chi connectivity index (χ2n) is 18.0. The number of halogens is 2. The fourth-order valence-electron chi connectivity index (χ4n) is 8.33. The monoisotopic (exact) mass is 953 g/mol. The first kappa shape index (κ1) is 49.7. The molecule has 4 heterocycles. The van der Waals surface area contributed by atoms with Crippen LogP contribution >= 0.6 is 11.3 Å². The largest absolute Gasteiger partial charge is 0.586 e. The maximum absolute atomic E-state index is 13.6. The molecule has 3 N–H and O–H groups in total. The number of likely N-dealkylation sites (N-methyl/N-ethyl adjacent to an activating group) is 1. The lowest BCUT2D eigenvalue weighted by atomic mass is 9.94. The van der Waals surface area contributed by atoms with Crippen molar-refractivity contribution in [1.82, 2.24) is 25.4 Å². The maximum atomic E-state index is 13.6. The third-order valence-corrected chi connectivity index (χ3v) is 13.5. The molecule has 1 saturated carbocycles. The number of benzene rings is 2. The molecule has 1 saturated heterocycles. The van der Waals surface area contributed by atoms with E-state index in [0.29, 0.717) is 81.0 Å². The maximum Gasteiger partial charge on any atom is 0.586 e. The van der Waals surface area contributed by atoms with Crippen LogP contribution in [0.5, 0.6) is 11.5 Å². The molecular formula is C51H61F2N7O7S. The Hall–Kier alpha value is -6.20.